The molecule has 40 heavy (non-hydrogen) atoms. The molecule has 1 fully saturated rings. The van der Waals surface area contributed by atoms with Crippen LogP contribution in [0.3, 0.4) is 0 Å². The summed E-state index contributed by atoms with van der Waals surface area (Å²) in [7, 11) is 0. The number of piperazine rings is 1. The van der Waals surface area contributed by atoms with Crippen molar-refractivity contribution in [3.05, 3.63) is 75.8 Å². The first-order valence-corrected chi connectivity index (χ1v) is 13.5. The van der Waals surface area contributed by atoms with Gasteiger partial charge in [0, 0.05) is 62.1 Å². The summed E-state index contributed by atoms with van der Waals surface area (Å²) in [6, 6.07) is 14.0. The van der Waals surface area contributed by atoms with Crippen molar-refractivity contribution >= 4 is 60.4 Å². The predicted molar refractivity (Wildman–Crippen MR) is 172 cm³/mol. The van der Waals surface area contributed by atoms with Crippen molar-refractivity contribution in [3.8, 4) is 5.69 Å². The molecule has 2 heterocycles. The lowest BCUT2D eigenvalue weighted by Gasteiger charge is -2.37. The Kier molecular flexibility index (Phi) is 14.8. The molecule has 222 valence electrons. The van der Waals surface area contributed by atoms with E-state index in [1.807, 2.05) is 35.8 Å². The van der Waals surface area contributed by atoms with Gasteiger partial charge < -0.3 is 19.9 Å². The lowest BCUT2D eigenvalue weighted by molar-refractivity contribution is 0.0847. The van der Waals surface area contributed by atoms with Crippen molar-refractivity contribution < 1.29 is 9.90 Å². The van der Waals surface area contributed by atoms with E-state index < -0.39 is 6.10 Å². The van der Waals surface area contributed by atoms with Crippen LogP contribution in [0.4, 0.5) is 5.69 Å². The van der Waals surface area contributed by atoms with Crippen LogP contribution in [0.5, 0.6) is 0 Å². The van der Waals surface area contributed by atoms with Gasteiger partial charge in [-0.1, -0.05) is 30.7 Å². The molecular weight excluding hydrogens is 592 g/mol. The zero-order valence-electron chi connectivity index (χ0n) is 23.5. The summed E-state index contributed by atoms with van der Waals surface area (Å²) in [5.74, 6) is 0.580. The molecule has 1 aromatic heterocycles. The number of hydrogen-bond acceptors (Lipinski definition) is 5. The Morgan fingerprint density at radius 2 is 1.68 bits per heavy atom. The Morgan fingerprint density at radius 3 is 2.30 bits per heavy atom. The summed E-state index contributed by atoms with van der Waals surface area (Å²) < 4.78 is 2.01. The number of rotatable bonds is 9. The third-order valence-corrected chi connectivity index (χ3v) is 7.46. The van der Waals surface area contributed by atoms with E-state index >= 15 is 0 Å². The minimum Gasteiger partial charge on any atom is -0.390 e. The van der Waals surface area contributed by atoms with E-state index in [4.69, 9.17) is 11.6 Å². The van der Waals surface area contributed by atoms with E-state index in [0.29, 0.717) is 17.3 Å². The number of imidazole rings is 1. The molecule has 0 spiro atoms. The highest BCUT2D eigenvalue weighted by Gasteiger charge is 2.23. The maximum absolute atomic E-state index is 13.0. The van der Waals surface area contributed by atoms with Crippen molar-refractivity contribution in [2.24, 2.45) is 0 Å². The second-order valence-corrected chi connectivity index (χ2v) is 10.3. The molecule has 11 heteroatoms. The number of hydrogen-bond donors (Lipinski definition) is 2. The fourth-order valence-electron chi connectivity index (χ4n) is 5.01. The highest BCUT2D eigenvalue weighted by molar-refractivity contribution is 6.30. The zero-order valence-corrected chi connectivity index (χ0v) is 26.7. The maximum Gasteiger partial charge on any atom is 0.271 e. The van der Waals surface area contributed by atoms with Crippen LogP contribution in [-0.2, 0) is 6.42 Å². The maximum atomic E-state index is 13.0. The molecule has 2 N–H and O–H groups in total. The monoisotopic (exact) mass is 631 g/mol. The fraction of sp³-hybridized carbons (Fsp3) is 0.448. The van der Waals surface area contributed by atoms with Crippen LogP contribution < -0.4 is 10.2 Å². The van der Waals surface area contributed by atoms with E-state index in [1.165, 1.54) is 16.8 Å². The van der Waals surface area contributed by atoms with E-state index in [2.05, 4.69) is 59.1 Å². The largest absolute Gasteiger partial charge is 0.390 e. The smallest absolute Gasteiger partial charge is 0.271 e. The lowest BCUT2D eigenvalue weighted by Crippen LogP contribution is -2.50. The number of β-amino-alcohol motifs (C(OH)–C–C–N with tert-alkyl or cyclic N) is 1. The number of nitrogens with zero attached hydrogens (tertiary/aromatic N) is 4. The number of halogens is 4. The SMILES string of the molecule is CCCc1nc(C(=O)NCC(O)CN2CCN(c3cccc(C)c3C)CC2)c(C)n1-c1ccc(Cl)cc1.Cl.Cl.Cl. The Morgan fingerprint density at radius 1 is 1.02 bits per heavy atom. The summed E-state index contributed by atoms with van der Waals surface area (Å²) in [5, 5.41) is 14.2. The van der Waals surface area contributed by atoms with E-state index in [9.17, 15) is 9.90 Å². The average molecular weight is 633 g/mol. The van der Waals surface area contributed by atoms with Crippen molar-refractivity contribution in [2.75, 3.05) is 44.2 Å². The molecule has 1 aliphatic rings. The van der Waals surface area contributed by atoms with Gasteiger partial charge in [0.1, 0.15) is 11.5 Å². The van der Waals surface area contributed by atoms with Crippen molar-refractivity contribution in [1.29, 1.82) is 0 Å². The summed E-state index contributed by atoms with van der Waals surface area (Å²) in [5.41, 5.74) is 6.03. The molecule has 1 amide bonds. The van der Waals surface area contributed by atoms with Gasteiger partial charge in [0.05, 0.1) is 11.8 Å². The van der Waals surface area contributed by atoms with Gasteiger partial charge >= 0.3 is 0 Å². The van der Waals surface area contributed by atoms with E-state index in [0.717, 1.165) is 56.2 Å². The van der Waals surface area contributed by atoms with E-state index in [1.54, 1.807) is 0 Å². The second kappa shape index (κ2) is 16.4. The summed E-state index contributed by atoms with van der Waals surface area (Å²) in [4.78, 5) is 22.4. The molecule has 1 atom stereocenters. The molecular formula is C29H41Cl4N5O2. The van der Waals surface area contributed by atoms with Crippen LogP contribution in [0, 0.1) is 20.8 Å². The van der Waals surface area contributed by atoms with Crippen molar-refractivity contribution in [2.45, 2.75) is 46.6 Å². The second-order valence-electron chi connectivity index (χ2n) is 9.89. The van der Waals surface area contributed by atoms with Crippen LogP contribution in [0.2, 0.25) is 5.02 Å². The molecule has 1 unspecified atom stereocenters. The molecule has 0 bridgehead atoms. The third-order valence-electron chi connectivity index (χ3n) is 7.21. The standard InChI is InChI=1S/C29H38ClN5O2.3ClH/c1-5-7-27-32-28(22(4)35(27)24-12-10-23(30)11-13-24)29(37)31-18-25(36)19-33-14-16-34(17-15-33)26-9-6-8-20(2)21(26)3;;;/h6,8-13,25,36H,5,7,14-19H2,1-4H3,(H,31,37);3*1H. The van der Waals surface area contributed by atoms with Crippen LogP contribution >= 0.6 is 48.8 Å². The van der Waals surface area contributed by atoms with Gasteiger partial charge in [-0.2, -0.15) is 0 Å². The van der Waals surface area contributed by atoms with Crippen molar-refractivity contribution in [1.82, 2.24) is 19.8 Å². The minimum atomic E-state index is -0.648. The number of anilines is 1. The van der Waals surface area contributed by atoms with Crippen molar-refractivity contribution in [3.63, 3.8) is 0 Å². The Bertz CT molecular complexity index is 1230. The van der Waals surface area contributed by atoms with Gasteiger partial charge in [0.15, 0.2) is 0 Å². The highest BCUT2D eigenvalue weighted by Crippen LogP contribution is 2.24. The van der Waals surface area contributed by atoms with Crippen LogP contribution in [0.1, 0.15) is 46.5 Å². The van der Waals surface area contributed by atoms with E-state index in [-0.39, 0.29) is 49.7 Å². The Balaban J connectivity index is 0.00000267. The zero-order chi connectivity index (χ0) is 26.5. The van der Waals surface area contributed by atoms with Crippen LogP contribution in [0.15, 0.2) is 42.5 Å². The Labute approximate surface area is 261 Å². The molecule has 2 aromatic carbocycles. The number of benzene rings is 2. The summed E-state index contributed by atoms with van der Waals surface area (Å²) in [6.45, 7) is 12.6. The first kappa shape index (κ1) is 36.0. The molecule has 1 aliphatic heterocycles. The number of carbonyl (C=O) groups is 1. The molecule has 4 rings (SSSR count). The van der Waals surface area contributed by atoms with Crippen LogP contribution in [-0.4, -0.2) is 70.8 Å². The molecule has 0 radical (unpaired) electrons. The lowest BCUT2D eigenvalue weighted by atomic mass is 10.1. The number of carbonyl (C=O) groups excluding carboxylic acids is 1. The summed E-state index contributed by atoms with van der Waals surface area (Å²) in [6.07, 6.45) is 1.03. The number of amides is 1. The first-order valence-electron chi connectivity index (χ1n) is 13.1. The van der Waals surface area contributed by atoms with Gasteiger partial charge in [-0.05, 0) is 68.7 Å². The molecule has 0 saturated carbocycles. The summed E-state index contributed by atoms with van der Waals surface area (Å²) >= 11 is 6.06. The number of aryl methyl sites for hydroxylation is 2. The van der Waals surface area contributed by atoms with Gasteiger partial charge in [-0.3, -0.25) is 9.69 Å². The van der Waals surface area contributed by atoms with Gasteiger partial charge in [-0.25, -0.2) is 4.98 Å². The topological polar surface area (TPSA) is 73.6 Å². The first-order chi connectivity index (χ1) is 17.8. The third kappa shape index (κ3) is 8.51. The number of nitrogens with one attached hydrogen (secondary N) is 1. The quantitative estimate of drug-likeness (QED) is 0.322. The number of aliphatic hydroxyl groups excluding tert-OH is 1. The predicted octanol–water partition coefficient (Wildman–Crippen LogP) is 5.58. The molecule has 3 aromatic rings. The Hall–Kier alpha value is -2.00. The van der Waals surface area contributed by atoms with Crippen LogP contribution in [0.25, 0.3) is 5.69 Å². The number of aliphatic hydroxyl groups is 1. The number of aromatic nitrogens is 2. The average Bonchev–Trinajstić information content (AvgIpc) is 3.21. The molecule has 1 saturated heterocycles. The highest BCUT2D eigenvalue weighted by atomic mass is 35.5. The van der Waals surface area contributed by atoms with Gasteiger partial charge in [0.2, 0.25) is 0 Å². The van der Waals surface area contributed by atoms with Gasteiger partial charge in [-0.15, -0.1) is 37.2 Å². The molecule has 7 nitrogen and oxygen atoms in total. The minimum absolute atomic E-state index is 0. The van der Waals surface area contributed by atoms with Gasteiger partial charge in [0.25, 0.3) is 5.91 Å². The normalized spacial score (nSPS) is 14.0. The fourth-order valence-corrected chi connectivity index (χ4v) is 5.13. The molecule has 0 aliphatic carbocycles.